The smallest absolute Gasteiger partial charge is 0.239 e. The third-order valence-corrected chi connectivity index (χ3v) is 3.04. The van der Waals surface area contributed by atoms with Gasteiger partial charge >= 0.3 is 0 Å². The molecule has 0 radical (unpaired) electrons. The monoisotopic (exact) mass is 214 g/mol. The quantitative estimate of drug-likeness (QED) is 0.735. The fraction of sp³-hybridized carbons (Fsp3) is 0.909. The molecule has 0 spiro atoms. The van der Waals surface area contributed by atoms with Crippen LogP contribution in [0.3, 0.4) is 0 Å². The minimum atomic E-state index is -0.137. The van der Waals surface area contributed by atoms with Crippen LogP contribution in [0.4, 0.5) is 0 Å². The minimum Gasteiger partial charge on any atom is -0.396 e. The number of carbonyl (C=O) groups is 1. The SMILES string of the molecule is CC(C)N1CCCN(C)C(=O)C1CCO. The van der Waals surface area contributed by atoms with Gasteiger partial charge in [0.25, 0.3) is 0 Å². The fourth-order valence-electron chi connectivity index (χ4n) is 2.18. The Morgan fingerprint density at radius 1 is 1.47 bits per heavy atom. The number of carbonyl (C=O) groups excluding carboxylic acids is 1. The molecule has 0 aliphatic carbocycles. The minimum absolute atomic E-state index is 0.0769. The molecule has 1 unspecified atom stereocenters. The van der Waals surface area contributed by atoms with Gasteiger partial charge in [-0.3, -0.25) is 9.69 Å². The van der Waals surface area contributed by atoms with E-state index in [4.69, 9.17) is 5.11 Å². The van der Waals surface area contributed by atoms with Gasteiger partial charge in [0.15, 0.2) is 0 Å². The van der Waals surface area contributed by atoms with Crippen LogP contribution in [0.2, 0.25) is 0 Å². The third kappa shape index (κ3) is 2.92. The van der Waals surface area contributed by atoms with Crippen molar-refractivity contribution in [3.8, 4) is 0 Å². The van der Waals surface area contributed by atoms with Crippen molar-refractivity contribution in [2.75, 3.05) is 26.7 Å². The van der Waals surface area contributed by atoms with Gasteiger partial charge in [-0.25, -0.2) is 0 Å². The largest absolute Gasteiger partial charge is 0.396 e. The zero-order chi connectivity index (χ0) is 11.4. The number of rotatable bonds is 3. The lowest BCUT2D eigenvalue weighted by atomic mass is 10.1. The fourth-order valence-corrected chi connectivity index (χ4v) is 2.18. The van der Waals surface area contributed by atoms with Gasteiger partial charge in [0.2, 0.25) is 5.91 Å². The lowest BCUT2D eigenvalue weighted by Gasteiger charge is -2.32. The van der Waals surface area contributed by atoms with Crippen LogP contribution in [0.25, 0.3) is 0 Å². The lowest BCUT2D eigenvalue weighted by Crippen LogP contribution is -2.48. The van der Waals surface area contributed by atoms with E-state index < -0.39 is 0 Å². The molecule has 1 N–H and O–H groups in total. The van der Waals surface area contributed by atoms with Gasteiger partial charge in [0.1, 0.15) is 0 Å². The number of amides is 1. The summed E-state index contributed by atoms with van der Waals surface area (Å²) in [5.41, 5.74) is 0. The van der Waals surface area contributed by atoms with Crippen LogP contribution in [-0.2, 0) is 4.79 Å². The summed E-state index contributed by atoms with van der Waals surface area (Å²) in [6.45, 7) is 6.04. The second-order valence-corrected chi connectivity index (χ2v) is 4.47. The zero-order valence-corrected chi connectivity index (χ0v) is 9.94. The van der Waals surface area contributed by atoms with Crippen molar-refractivity contribution in [3.05, 3.63) is 0 Å². The average molecular weight is 214 g/mol. The normalized spacial score (nSPS) is 24.7. The third-order valence-electron chi connectivity index (χ3n) is 3.04. The molecule has 1 rings (SSSR count). The van der Waals surface area contributed by atoms with Crippen LogP contribution in [0.15, 0.2) is 0 Å². The molecule has 1 saturated heterocycles. The van der Waals surface area contributed by atoms with Crippen molar-refractivity contribution in [1.82, 2.24) is 9.80 Å². The van der Waals surface area contributed by atoms with Crippen LogP contribution < -0.4 is 0 Å². The van der Waals surface area contributed by atoms with Gasteiger partial charge in [-0.05, 0) is 26.7 Å². The van der Waals surface area contributed by atoms with E-state index in [-0.39, 0.29) is 18.6 Å². The van der Waals surface area contributed by atoms with Gasteiger partial charge in [0.05, 0.1) is 6.04 Å². The van der Waals surface area contributed by atoms with Crippen molar-refractivity contribution in [2.45, 2.75) is 38.8 Å². The number of likely N-dealkylation sites (N-methyl/N-ethyl adjacent to an activating group) is 1. The van der Waals surface area contributed by atoms with Gasteiger partial charge in [-0.1, -0.05) is 0 Å². The lowest BCUT2D eigenvalue weighted by molar-refractivity contribution is -0.135. The Bertz CT molecular complexity index is 219. The first kappa shape index (κ1) is 12.5. The van der Waals surface area contributed by atoms with E-state index >= 15 is 0 Å². The molecule has 1 aliphatic heterocycles. The molecule has 0 aromatic carbocycles. The number of aliphatic hydroxyl groups excluding tert-OH is 1. The van der Waals surface area contributed by atoms with E-state index in [0.29, 0.717) is 12.5 Å². The van der Waals surface area contributed by atoms with E-state index in [0.717, 1.165) is 19.5 Å². The Morgan fingerprint density at radius 3 is 2.67 bits per heavy atom. The van der Waals surface area contributed by atoms with Gasteiger partial charge < -0.3 is 10.0 Å². The number of nitrogens with zero attached hydrogens (tertiary/aromatic N) is 2. The van der Waals surface area contributed by atoms with Crippen molar-refractivity contribution < 1.29 is 9.90 Å². The van der Waals surface area contributed by atoms with E-state index in [2.05, 4.69) is 18.7 Å². The van der Waals surface area contributed by atoms with E-state index in [9.17, 15) is 4.79 Å². The molecule has 1 fully saturated rings. The highest BCUT2D eigenvalue weighted by Crippen LogP contribution is 2.16. The molecular weight excluding hydrogens is 192 g/mol. The van der Waals surface area contributed by atoms with Gasteiger partial charge in [-0.15, -0.1) is 0 Å². The molecule has 0 aromatic rings. The predicted octanol–water partition coefficient (Wildman–Crippen LogP) is 0.310. The molecule has 1 aliphatic rings. The molecule has 0 saturated carbocycles. The number of hydrogen-bond donors (Lipinski definition) is 1. The zero-order valence-electron chi connectivity index (χ0n) is 9.94. The maximum Gasteiger partial charge on any atom is 0.239 e. The second kappa shape index (κ2) is 5.47. The van der Waals surface area contributed by atoms with Crippen LogP contribution >= 0.6 is 0 Å². The Hall–Kier alpha value is -0.610. The van der Waals surface area contributed by atoms with E-state index in [1.165, 1.54) is 0 Å². The van der Waals surface area contributed by atoms with E-state index in [1.54, 1.807) is 4.90 Å². The highest BCUT2D eigenvalue weighted by molar-refractivity contribution is 5.81. The summed E-state index contributed by atoms with van der Waals surface area (Å²) in [4.78, 5) is 16.0. The van der Waals surface area contributed by atoms with Gasteiger partial charge in [-0.2, -0.15) is 0 Å². The van der Waals surface area contributed by atoms with Crippen molar-refractivity contribution in [2.24, 2.45) is 0 Å². The summed E-state index contributed by atoms with van der Waals surface area (Å²) in [6.07, 6.45) is 1.56. The average Bonchev–Trinajstić information content (AvgIpc) is 2.31. The summed E-state index contributed by atoms with van der Waals surface area (Å²) in [5.74, 6) is 0.148. The molecular formula is C11H22N2O2. The Balaban J connectivity index is 2.80. The molecule has 4 nitrogen and oxygen atoms in total. The van der Waals surface area contributed by atoms with Crippen LogP contribution in [-0.4, -0.2) is 59.6 Å². The Kier molecular flexibility index (Phi) is 4.54. The molecule has 88 valence electrons. The number of hydrogen-bond acceptors (Lipinski definition) is 3. The van der Waals surface area contributed by atoms with Crippen LogP contribution in [0, 0.1) is 0 Å². The van der Waals surface area contributed by atoms with Crippen molar-refractivity contribution in [1.29, 1.82) is 0 Å². The summed E-state index contributed by atoms with van der Waals surface area (Å²) in [5, 5.41) is 9.02. The first-order chi connectivity index (χ1) is 7.07. The molecule has 1 heterocycles. The maximum absolute atomic E-state index is 12.0. The highest BCUT2D eigenvalue weighted by atomic mass is 16.3. The Labute approximate surface area is 91.9 Å². The topological polar surface area (TPSA) is 43.8 Å². The summed E-state index contributed by atoms with van der Waals surface area (Å²) >= 11 is 0. The van der Waals surface area contributed by atoms with Gasteiger partial charge in [0, 0.05) is 32.8 Å². The molecule has 1 atom stereocenters. The number of aliphatic hydroxyl groups is 1. The summed E-state index contributed by atoms with van der Waals surface area (Å²) in [6, 6.07) is 0.222. The first-order valence-corrected chi connectivity index (χ1v) is 5.69. The first-order valence-electron chi connectivity index (χ1n) is 5.69. The molecule has 4 heteroatoms. The standard InChI is InChI=1S/C11H22N2O2/c1-9(2)13-7-4-6-12(3)11(15)10(13)5-8-14/h9-10,14H,4-8H2,1-3H3. The predicted molar refractivity (Wildman–Crippen MR) is 59.6 cm³/mol. The summed E-state index contributed by atoms with van der Waals surface area (Å²) in [7, 11) is 1.84. The van der Waals surface area contributed by atoms with E-state index in [1.807, 2.05) is 7.05 Å². The highest BCUT2D eigenvalue weighted by Gasteiger charge is 2.31. The second-order valence-electron chi connectivity index (χ2n) is 4.47. The molecule has 1 amide bonds. The van der Waals surface area contributed by atoms with Crippen molar-refractivity contribution >= 4 is 5.91 Å². The van der Waals surface area contributed by atoms with Crippen LogP contribution in [0.5, 0.6) is 0 Å². The molecule has 0 bridgehead atoms. The van der Waals surface area contributed by atoms with Crippen LogP contribution in [0.1, 0.15) is 26.7 Å². The maximum atomic E-state index is 12.0. The molecule has 15 heavy (non-hydrogen) atoms. The van der Waals surface area contributed by atoms with Crippen molar-refractivity contribution in [3.63, 3.8) is 0 Å². The molecule has 0 aromatic heterocycles. The summed E-state index contributed by atoms with van der Waals surface area (Å²) < 4.78 is 0. The Morgan fingerprint density at radius 2 is 2.13 bits per heavy atom.